The van der Waals surface area contributed by atoms with Crippen LogP contribution < -0.4 is 0 Å². The number of carbonyl (C=O) groups excluding carboxylic acids is 1. The van der Waals surface area contributed by atoms with E-state index in [4.69, 9.17) is 26.3 Å². The standard InChI is InChI=1S/C22H20ClN3O2/c1-13-14(2)26-19-11-10-17(23)12-18(19)20(16-8-6-5-7-9-16)25-22(4,21(26)24-13)28-15(3)27/h5-12H,1-4H3. The van der Waals surface area contributed by atoms with Crippen molar-refractivity contribution in [3.8, 4) is 5.69 Å². The molecule has 0 bridgehead atoms. The largest absolute Gasteiger partial charge is 0.430 e. The summed E-state index contributed by atoms with van der Waals surface area (Å²) >= 11 is 6.34. The molecule has 0 fully saturated rings. The van der Waals surface area contributed by atoms with Crippen molar-refractivity contribution in [2.24, 2.45) is 4.99 Å². The minimum absolute atomic E-state index is 0.424. The topological polar surface area (TPSA) is 56.5 Å². The smallest absolute Gasteiger partial charge is 0.305 e. The van der Waals surface area contributed by atoms with Gasteiger partial charge in [0.05, 0.1) is 17.1 Å². The van der Waals surface area contributed by atoms with Crippen LogP contribution >= 0.6 is 11.6 Å². The third-order valence-electron chi connectivity index (χ3n) is 4.93. The van der Waals surface area contributed by atoms with E-state index in [1.807, 2.05) is 66.9 Å². The molecule has 0 aliphatic carbocycles. The lowest BCUT2D eigenvalue weighted by molar-refractivity contribution is -0.156. The Hall–Kier alpha value is -2.92. The summed E-state index contributed by atoms with van der Waals surface area (Å²) in [5, 5.41) is 0.606. The van der Waals surface area contributed by atoms with Gasteiger partial charge in [-0.3, -0.25) is 9.36 Å². The van der Waals surface area contributed by atoms with E-state index in [1.54, 1.807) is 6.92 Å². The molecule has 0 radical (unpaired) electrons. The number of benzene rings is 2. The van der Waals surface area contributed by atoms with Gasteiger partial charge < -0.3 is 4.74 Å². The molecule has 28 heavy (non-hydrogen) atoms. The molecule has 1 aromatic heterocycles. The molecule has 1 aliphatic heterocycles. The molecule has 1 atom stereocenters. The lowest BCUT2D eigenvalue weighted by Gasteiger charge is -2.24. The summed E-state index contributed by atoms with van der Waals surface area (Å²) in [7, 11) is 0. The summed E-state index contributed by atoms with van der Waals surface area (Å²) in [5.41, 5.74) is 3.90. The maximum atomic E-state index is 12.0. The fourth-order valence-electron chi connectivity index (χ4n) is 3.60. The van der Waals surface area contributed by atoms with Gasteiger partial charge in [-0.1, -0.05) is 41.9 Å². The average molecular weight is 394 g/mol. The zero-order chi connectivity index (χ0) is 20.1. The van der Waals surface area contributed by atoms with Gasteiger partial charge in [0, 0.05) is 35.7 Å². The minimum atomic E-state index is -1.28. The number of ether oxygens (including phenoxy) is 1. The molecule has 0 saturated heterocycles. The molecule has 5 nitrogen and oxygen atoms in total. The molecule has 142 valence electrons. The van der Waals surface area contributed by atoms with E-state index in [9.17, 15) is 4.79 Å². The first kappa shape index (κ1) is 18.4. The normalized spacial score (nSPS) is 18.0. The van der Waals surface area contributed by atoms with Crippen LogP contribution in [0.25, 0.3) is 5.69 Å². The van der Waals surface area contributed by atoms with Crippen LogP contribution in [0.15, 0.2) is 53.5 Å². The predicted molar refractivity (Wildman–Crippen MR) is 109 cm³/mol. The monoisotopic (exact) mass is 393 g/mol. The van der Waals surface area contributed by atoms with Crippen LogP contribution in [0.5, 0.6) is 0 Å². The molecule has 2 aromatic carbocycles. The predicted octanol–water partition coefficient (Wildman–Crippen LogP) is 4.73. The zero-order valence-electron chi connectivity index (χ0n) is 16.2. The van der Waals surface area contributed by atoms with Crippen molar-refractivity contribution in [1.29, 1.82) is 0 Å². The van der Waals surface area contributed by atoms with E-state index in [0.717, 1.165) is 28.2 Å². The molecule has 3 aromatic rings. The van der Waals surface area contributed by atoms with Crippen LogP contribution in [0.3, 0.4) is 0 Å². The van der Waals surface area contributed by atoms with E-state index < -0.39 is 11.7 Å². The zero-order valence-corrected chi connectivity index (χ0v) is 16.9. The molecular formula is C22H20ClN3O2. The van der Waals surface area contributed by atoms with Gasteiger partial charge in [0.25, 0.3) is 5.72 Å². The number of hydrogen-bond acceptors (Lipinski definition) is 4. The highest BCUT2D eigenvalue weighted by atomic mass is 35.5. The molecule has 0 N–H and O–H groups in total. The Morgan fingerprint density at radius 1 is 1.14 bits per heavy atom. The second kappa shape index (κ2) is 6.60. The third-order valence-corrected chi connectivity index (χ3v) is 5.16. The maximum absolute atomic E-state index is 12.0. The molecule has 0 spiro atoms. The fraction of sp³-hybridized carbons (Fsp3) is 0.227. The molecule has 6 heteroatoms. The summed E-state index contributed by atoms with van der Waals surface area (Å²) in [4.78, 5) is 21.6. The molecule has 1 aliphatic rings. The summed E-state index contributed by atoms with van der Waals surface area (Å²) < 4.78 is 7.73. The van der Waals surface area contributed by atoms with Crippen molar-refractivity contribution in [3.63, 3.8) is 0 Å². The van der Waals surface area contributed by atoms with Gasteiger partial charge in [0.1, 0.15) is 0 Å². The van der Waals surface area contributed by atoms with Gasteiger partial charge in [0.2, 0.25) is 0 Å². The average Bonchev–Trinajstić information content (AvgIpc) is 2.90. The number of fused-ring (bicyclic) bond motifs is 3. The van der Waals surface area contributed by atoms with Crippen molar-refractivity contribution in [2.45, 2.75) is 33.4 Å². The first-order valence-corrected chi connectivity index (χ1v) is 9.39. The van der Waals surface area contributed by atoms with Gasteiger partial charge in [-0.25, -0.2) is 9.98 Å². The van der Waals surface area contributed by atoms with Crippen LogP contribution in [-0.4, -0.2) is 21.2 Å². The van der Waals surface area contributed by atoms with Crippen LogP contribution in [0.1, 0.15) is 42.2 Å². The second-order valence-electron chi connectivity index (χ2n) is 7.01. The highest BCUT2D eigenvalue weighted by molar-refractivity contribution is 6.31. The Morgan fingerprint density at radius 3 is 2.54 bits per heavy atom. The number of aryl methyl sites for hydroxylation is 1. The lowest BCUT2D eigenvalue weighted by atomic mass is 10.00. The van der Waals surface area contributed by atoms with Gasteiger partial charge in [0.15, 0.2) is 5.82 Å². The van der Waals surface area contributed by atoms with Crippen LogP contribution in [-0.2, 0) is 15.3 Å². The first-order chi connectivity index (χ1) is 13.3. The van der Waals surface area contributed by atoms with Crippen molar-refractivity contribution < 1.29 is 9.53 Å². The number of hydrogen-bond donors (Lipinski definition) is 0. The fourth-order valence-corrected chi connectivity index (χ4v) is 3.77. The summed E-state index contributed by atoms with van der Waals surface area (Å²) in [5.74, 6) is 0.139. The van der Waals surface area contributed by atoms with Crippen molar-refractivity contribution >= 4 is 23.3 Å². The molecular weight excluding hydrogens is 374 g/mol. The van der Waals surface area contributed by atoms with Gasteiger partial charge in [-0.05, 0) is 32.0 Å². The van der Waals surface area contributed by atoms with E-state index >= 15 is 0 Å². The van der Waals surface area contributed by atoms with Crippen LogP contribution in [0, 0.1) is 13.8 Å². The number of aromatic nitrogens is 2. The van der Waals surface area contributed by atoms with Gasteiger partial charge in [-0.2, -0.15) is 0 Å². The van der Waals surface area contributed by atoms with E-state index in [-0.39, 0.29) is 0 Å². The summed E-state index contributed by atoms with van der Waals surface area (Å²) in [6, 6.07) is 15.5. The van der Waals surface area contributed by atoms with Gasteiger partial charge >= 0.3 is 5.97 Å². The lowest BCUT2D eigenvalue weighted by Crippen LogP contribution is -2.30. The Bertz CT molecular complexity index is 1120. The Kier molecular flexibility index (Phi) is 4.35. The molecule has 1 unspecified atom stereocenters. The van der Waals surface area contributed by atoms with E-state index in [1.165, 1.54) is 6.92 Å². The Labute approximate surface area is 168 Å². The number of halogens is 1. The third kappa shape index (κ3) is 2.92. The van der Waals surface area contributed by atoms with Gasteiger partial charge in [-0.15, -0.1) is 0 Å². The number of rotatable bonds is 2. The Morgan fingerprint density at radius 2 is 1.86 bits per heavy atom. The van der Waals surface area contributed by atoms with Crippen molar-refractivity contribution in [1.82, 2.24) is 9.55 Å². The van der Waals surface area contributed by atoms with Crippen LogP contribution in [0.4, 0.5) is 0 Å². The second-order valence-corrected chi connectivity index (χ2v) is 7.44. The van der Waals surface area contributed by atoms with Crippen LogP contribution in [0.2, 0.25) is 5.02 Å². The minimum Gasteiger partial charge on any atom is -0.430 e. The summed E-state index contributed by atoms with van der Waals surface area (Å²) in [6.07, 6.45) is 0. The highest BCUT2D eigenvalue weighted by Crippen LogP contribution is 2.37. The number of carbonyl (C=O) groups is 1. The first-order valence-electron chi connectivity index (χ1n) is 9.02. The SMILES string of the molecule is CC(=O)OC1(C)N=C(c2ccccc2)c2cc(Cl)ccc2-n2c1nc(C)c2C. The molecule has 2 heterocycles. The number of nitrogens with zero attached hydrogens (tertiary/aromatic N) is 3. The number of aliphatic imine (C=N–C) groups is 1. The summed E-state index contributed by atoms with van der Waals surface area (Å²) in [6.45, 7) is 7.07. The Balaban J connectivity index is 2.12. The van der Waals surface area contributed by atoms with E-state index in [0.29, 0.717) is 16.6 Å². The van der Waals surface area contributed by atoms with Crippen molar-refractivity contribution in [2.75, 3.05) is 0 Å². The molecule has 0 amide bonds. The molecule has 4 rings (SSSR count). The van der Waals surface area contributed by atoms with Crippen molar-refractivity contribution in [3.05, 3.63) is 81.9 Å². The number of esters is 1. The number of imidazole rings is 1. The molecule has 0 saturated carbocycles. The highest BCUT2D eigenvalue weighted by Gasteiger charge is 2.40. The maximum Gasteiger partial charge on any atom is 0.305 e. The quantitative estimate of drug-likeness (QED) is 0.591. The van der Waals surface area contributed by atoms with E-state index in [2.05, 4.69) is 0 Å².